The molecule has 0 aliphatic carbocycles. The van der Waals surface area contributed by atoms with Crippen LogP contribution < -0.4 is 4.74 Å². The monoisotopic (exact) mass is 445 g/mol. The van der Waals surface area contributed by atoms with Crippen molar-refractivity contribution in [3.05, 3.63) is 62.8 Å². The van der Waals surface area contributed by atoms with Crippen LogP contribution in [0, 0.1) is 0 Å². The first-order valence-electron chi connectivity index (χ1n) is 8.56. The summed E-state index contributed by atoms with van der Waals surface area (Å²) < 4.78 is 46.3. The Morgan fingerprint density at radius 2 is 1.90 bits per heavy atom. The Kier molecular flexibility index (Phi) is 5.74. The average molecular weight is 446 g/mol. The fourth-order valence-electron chi connectivity index (χ4n) is 3.44. The molecule has 0 amide bonds. The number of fused-ring (bicyclic) bond motifs is 1. The van der Waals surface area contributed by atoms with Crippen molar-refractivity contribution in [3.63, 3.8) is 0 Å². The number of benzene rings is 2. The largest absolute Gasteiger partial charge is 0.495 e. The first kappa shape index (κ1) is 21.3. The third-order valence-electron chi connectivity index (χ3n) is 4.69. The van der Waals surface area contributed by atoms with E-state index in [0.29, 0.717) is 28.6 Å². The van der Waals surface area contributed by atoms with Crippen molar-refractivity contribution in [2.75, 3.05) is 7.11 Å². The molecule has 0 fully saturated rings. The second kappa shape index (κ2) is 7.80. The van der Waals surface area contributed by atoms with Gasteiger partial charge < -0.3 is 14.4 Å². The molecule has 3 rings (SSSR count). The van der Waals surface area contributed by atoms with Gasteiger partial charge in [0.25, 0.3) is 0 Å². The van der Waals surface area contributed by atoms with Crippen molar-refractivity contribution in [3.8, 4) is 5.75 Å². The number of carboxylic acids is 1. The average Bonchev–Trinajstić information content (AvgIpc) is 2.97. The van der Waals surface area contributed by atoms with E-state index in [1.807, 2.05) is 0 Å². The van der Waals surface area contributed by atoms with E-state index in [1.54, 1.807) is 19.1 Å². The molecule has 9 heteroatoms. The van der Waals surface area contributed by atoms with E-state index in [-0.39, 0.29) is 22.8 Å². The SMILES string of the molecule is CCc1c(C(=O)O)n(Cc2ccc(Cl)c(C(F)(F)F)c2)c2ccc(OC)c(Cl)c12. The van der Waals surface area contributed by atoms with E-state index in [1.165, 1.54) is 17.7 Å². The Morgan fingerprint density at radius 1 is 1.21 bits per heavy atom. The Bertz CT molecular complexity index is 1110. The fraction of sp³-hybridized carbons (Fsp3) is 0.250. The molecule has 2 aromatic carbocycles. The first-order valence-corrected chi connectivity index (χ1v) is 9.32. The summed E-state index contributed by atoms with van der Waals surface area (Å²) in [5, 5.41) is 10.2. The molecule has 29 heavy (non-hydrogen) atoms. The summed E-state index contributed by atoms with van der Waals surface area (Å²) in [5.41, 5.74) is 0.243. The van der Waals surface area contributed by atoms with Gasteiger partial charge in [0, 0.05) is 11.9 Å². The third-order valence-corrected chi connectivity index (χ3v) is 5.39. The zero-order chi connectivity index (χ0) is 21.5. The third kappa shape index (κ3) is 3.76. The number of carbonyl (C=O) groups is 1. The van der Waals surface area contributed by atoms with E-state index in [9.17, 15) is 23.1 Å². The number of ether oxygens (including phenoxy) is 1. The highest BCUT2D eigenvalue weighted by Crippen LogP contribution is 2.39. The predicted molar refractivity (Wildman–Crippen MR) is 105 cm³/mol. The van der Waals surface area contributed by atoms with E-state index in [2.05, 4.69) is 0 Å². The van der Waals surface area contributed by atoms with Crippen molar-refractivity contribution < 1.29 is 27.8 Å². The zero-order valence-corrected chi connectivity index (χ0v) is 16.9. The van der Waals surface area contributed by atoms with Gasteiger partial charge >= 0.3 is 12.1 Å². The van der Waals surface area contributed by atoms with Gasteiger partial charge in [-0.05, 0) is 41.8 Å². The first-order chi connectivity index (χ1) is 13.6. The number of nitrogens with zero attached hydrogens (tertiary/aromatic N) is 1. The van der Waals surface area contributed by atoms with Gasteiger partial charge in [-0.1, -0.05) is 36.2 Å². The molecular weight excluding hydrogens is 430 g/mol. The molecule has 0 spiro atoms. The topological polar surface area (TPSA) is 51.5 Å². The second-order valence-corrected chi connectivity index (χ2v) is 7.15. The molecule has 0 bridgehead atoms. The lowest BCUT2D eigenvalue weighted by atomic mass is 10.1. The van der Waals surface area contributed by atoms with Crippen LogP contribution >= 0.6 is 23.2 Å². The zero-order valence-electron chi connectivity index (χ0n) is 15.4. The van der Waals surface area contributed by atoms with Crippen molar-refractivity contribution in [2.45, 2.75) is 26.1 Å². The number of alkyl halides is 3. The summed E-state index contributed by atoms with van der Waals surface area (Å²) in [5.74, 6) is -0.813. The molecule has 0 saturated carbocycles. The molecule has 0 radical (unpaired) electrons. The molecular formula is C20H16Cl2F3NO3. The minimum Gasteiger partial charge on any atom is -0.495 e. The van der Waals surface area contributed by atoms with Crippen molar-refractivity contribution in [1.29, 1.82) is 0 Å². The highest BCUT2D eigenvalue weighted by atomic mass is 35.5. The molecule has 1 aromatic heterocycles. The second-order valence-electron chi connectivity index (χ2n) is 6.36. The predicted octanol–water partition coefficient (Wildman–Crippen LogP) is 6.28. The number of hydrogen-bond acceptors (Lipinski definition) is 2. The van der Waals surface area contributed by atoms with Crippen LogP contribution in [0.15, 0.2) is 30.3 Å². The Balaban J connectivity index is 2.26. The van der Waals surface area contributed by atoms with Crippen molar-refractivity contribution in [1.82, 2.24) is 4.57 Å². The lowest BCUT2D eigenvalue weighted by Gasteiger charge is -2.13. The number of aromatic carboxylic acids is 1. The molecule has 1 N–H and O–H groups in total. The van der Waals surface area contributed by atoms with Gasteiger partial charge in [-0.3, -0.25) is 0 Å². The Labute approximate surface area is 174 Å². The van der Waals surface area contributed by atoms with Gasteiger partial charge in [0.15, 0.2) is 0 Å². The summed E-state index contributed by atoms with van der Waals surface area (Å²) in [6.45, 7) is 1.69. The summed E-state index contributed by atoms with van der Waals surface area (Å²) >= 11 is 12.1. The molecule has 4 nitrogen and oxygen atoms in total. The minimum atomic E-state index is -4.62. The maximum absolute atomic E-state index is 13.2. The number of carboxylic acid groups (broad SMARTS) is 1. The van der Waals surface area contributed by atoms with Gasteiger partial charge in [0.1, 0.15) is 11.4 Å². The molecule has 0 atom stereocenters. The molecule has 0 saturated heterocycles. The van der Waals surface area contributed by atoms with E-state index in [4.69, 9.17) is 27.9 Å². The quantitative estimate of drug-likeness (QED) is 0.502. The minimum absolute atomic E-state index is 0.0267. The van der Waals surface area contributed by atoms with Crippen LogP contribution in [0.5, 0.6) is 5.75 Å². The summed E-state index contributed by atoms with van der Waals surface area (Å²) in [4.78, 5) is 12.0. The Morgan fingerprint density at radius 3 is 2.45 bits per heavy atom. The normalized spacial score (nSPS) is 11.8. The molecule has 0 aliphatic heterocycles. The number of hydrogen-bond donors (Lipinski definition) is 1. The molecule has 0 aliphatic rings. The van der Waals surface area contributed by atoms with Crippen LogP contribution in [-0.4, -0.2) is 22.8 Å². The van der Waals surface area contributed by atoms with Crippen LogP contribution in [0.3, 0.4) is 0 Å². The van der Waals surface area contributed by atoms with Crippen LogP contribution in [-0.2, 0) is 19.1 Å². The van der Waals surface area contributed by atoms with Crippen LogP contribution in [0.4, 0.5) is 13.2 Å². The number of halogens is 5. The van der Waals surface area contributed by atoms with Gasteiger partial charge in [-0.15, -0.1) is 0 Å². The maximum Gasteiger partial charge on any atom is 0.417 e. The smallest absolute Gasteiger partial charge is 0.417 e. The lowest BCUT2D eigenvalue weighted by molar-refractivity contribution is -0.137. The van der Waals surface area contributed by atoms with E-state index >= 15 is 0 Å². The molecule has 0 unspecified atom stereocenters. The van der Waals surface area contributed by atoms with Crippen molar-refractivity contribution in [2.24, 2.45) is 0 Å². The molecule has 1 heterocycles. The lowest BCUT2D eigenvalue weighted by Crippen LogP contribution is -2.12. The van der Waals surface area contributed by atoms with Crippen molar-refractivity contribution >= 4 is 40.1 Å². The highest BCUT2D eigenvalue weighted by molar-refractivity contribution is 6.37. The van der Waals surface area contributed by atoms with Gasteiger partial charge in [0.05, 0.1) is 28.2 Å². The van der Waals surface area contributed by atoms with Crippen LogP contribution in [0.1, 0.15) is 34.1 Å². The van der Waals surface area contributed by atoms with Gasteiger partial charge in [0.2, 0.25) is 0 Å². The number of rotatable bonds is 5. The van der Waals surface area contributed by atoms with E-state index in [0.717, 1.165) is 12.1 Å². The maximum atomic E-state index is 13.2. The molecule has 3 aromatic rings. The fourth-order valence-corrected chi connectivity index (χ4v) is 4.02. The number of methoxy groups -OCH3 is 1. The summed E-state index contributed by atoms with van der Waals surface area (Å²) in [6, 6.07) is 6.76. The summed E-state index contributed by atoms with van der Waals surface area (Å²) in [6.07, 6.45) is -4.25. The number of aryl methyl sites for hydroxylation is 1. The molecule has 154 valence electrons. The van der Waals surface area contributed by atoms with Crippen LogP contribution in [0.25, 0.3) is 10.9 Å². The Hall–Kier alpha value is -2.38. The van der Waals surface area contributed by atoms with Crippen LogP contribution in [0.2, 0.25) is 10.0 Å². The summed E-state index contributed by atoms with van der Waals surface area (Å²) in [7, 11) is 1.44. The highest BCUT2D eigenvalue weighted by Gasteiger charge is 2.33. The van der Waals surface area contributed by atoms with E-state index < -0.39 is 22.7 Å². The number of aromatic nitrogens is 1. The van der Waals surface area contributed by atoms with Gasteiger partial charge in [-0.2, -0.15) is 13.2 Å². The van der Waals surface area contributed by atoms with Gasteiger partial charge in [-0.25, -0.2) is 4.79 Å². The standard InChI is InChI=1S/C20H16Cl2F3NO3/c1-3-11-16-14(6-7-15(29-2)17(16)22)26(18(11)19(27)28)9-10-4-5-13(21)12(8-10)20(23,24)25/h4-8H,3,9H2,1-2H3,(H,27,28).